The molecule has 0 bridgehead atoms. The summed E-state index contributed by atoms with van der Waals surface area (Å²) in [6.45, 7) is 11.7. The quantitative estimate of drug-likeness (QED) is 0.654. The van der Waals surface area contributed by atoms with Gasteiger partial charge in [0.2, 0.25) is 0 Å². The van der Waals surface area contributed by atoms with Crippen molar-refractivity contribution in [2.75, 3.05) is 0 Å². The van der Waals surface area contributed by atoms with Gasteiger partial charge in [0, 0.05) is 12.8 Å². The van der Waals surface area contributed by atoms with Crippen LogP contribution in [-0.2, 0) is 17.3 Å². The molecule has 20 heavy (non-hydrogen) atoms. The maximum Gasteiger partial charge on any atom is 0.192 e. The van der Waals surface area contributed by atoms with Crippen LogP contribution >= 0.6 is 0 Å². The van der Waals surface area contributed by atoms with Gasteiger partial charge in [-0.1, -0.05) is 58.9 Å². The molecule has 112 valence electrons. The van der Waals surface area contributed by atoms with E-state index in [0.29, 0.717) is 5.92 Å². The van der Waals surface area contributed by atoms with E-state index in [9.17, 15) is 0 Å². The van der Waals surface area contributed by atoms with E-state index in [0.717, 1.165) is 12.8 Å². The maximum atomic E-state index is 7.02. The van der Waals surface area contributed by atoms with Gasteiger partial charge in [0.25, 0.3) is 0 Å². The Balaban J connectivity index is 2.30. The van der Waals surface area contributed by atoms with E-state index in [2.05, 4.69) is 58.9 Å². The maximum absolute atomic E-state index is 7.02. The summed E-state index contributed by atoms with van der Waals surface area (Å²) in [5, 5.41) is 0. The van der Waals surface area contributed by atoms with Crippen LogP contribution in [0.3, 0.4) is 0 Å². The second-order valence-electron chi connectivity index (χ2n) is 6.69. The topological polar surface area (TPSA) is 9.23 Å². The van der Waals surface area contributed by atoms with Crippen LogP contribution in [-0.4, -0.2) is 13.9 Å². The van der Waals surface area contributed by atoms with Gasteiger partial charge in [-0.15, -0.1) is 0 Å². The summed E-state index contributed by atoms with van der Waals surface area (Å²) in [4.78, 5) is 0. The molecule has 0 N–H and O–H groups in total. The SMILES string of the molecule is CC[Si](CC)(CC)OC1(C(C)C)Cc2ccccc2C1. The number of benzene rings is 1. The average Bonchev–Trinajstić information content (AvgIpc) is 2.84. The van der Waals surface area contributed by atoms with Gasteiger partial charge in [-0.05, 0) is 35.2 Å². The summed E-state index contributed by atoms with van der Waals surface area (Å²) >= 11 is 0. The monoisotopic (exact) mass is 290 g/mol. The van der Waals surface area contributed by atoms with Gasteiger partial charge in [-0.2, -0.15) is 0 Å². The van der Waals surface area contributed by atoms with Crippen LogP contribution in [0.2, 0.25) is 18.1 Å². The summed E-state index contributed by atoms with van der Waals surface area (Å²) in [6.07, 6.45) is 2.21. The summed E-state index contributed by atoms with van der Waals surface area (Å²) in [5.74, 6) is 0.575. The van der Waals surface area contributed by atoms with Crippen molar-refractivity contribution in [3.05, 3.63) is 35.4 Å². The smallest absolute Gasteiger partial charge is 0.192 e. The molecule has 0 spiro atoms. The first-order valence-corrected chi connectivity index (χ1v) is 10.8. The Morgan fingerprint density at radius 3 is 1.80 bits per heavy atom. The molecule has 2 heteroatoms. The van der Waals surface area contributed by atoms with Crippen molar-refractivity contribution < 1.29 is 4.43 Å². The zero-order chi connectivity index (χ0) is 14.8. The van der Waals surface area contributed by atoms with E-state index in [1.165, 1.54) is 29.3 Å². The summed E-state index contributed by atoms with van der Waals surface area (Å²) in [5.41, 5.74) is 3.07. The van der Waals surface area contributed by atoms with E-state index >= 15 is 0 Å². The van der Waals surface area contributed by atoms with Gasteiger partial charge in [0.15, 0.2) is 8.32 Å². The zero-order valence-corrected chi connectivity index (χ0v) is 14.8. The molecular formula is C18H30OSi. The van der Waals surface area contributed by atoms with Crippen molar-refractivity contribution in [2.45, 2.75) is 71.2 Å². The molecule has 0 aliphatic heterocycles. The molecule has 2 rings (SSSR count). The van der Waals surface area contributed by atoms with Gasteiger partial charge in [0.1, 0.15) is 0 Å². The highest BCUT2D eigenvalue weighted by Crippen LogP contribution is 2.42. The molecule has 0 fully saturated rings. The fourth-order valence-electron chi connectivity index (χ4n) is 3.61. The van der Waals surface area contributed by atoms with Crippen LogP contribution in [0.4, 0.5) is 0 Å². The Morgan fingerprint density at radius 2 is 1.45 bits per heavy atom. The lowest BCUT2D eigenvalue weighted by molar-refractivity contribution is 0.0204. The molecule has 1 aliphatic carbocycles. The van der Waals surface area contributed by atoms with Crippen molar-refractivity contribution in [3.8, 4) is 0 Å². The van der Waals surface area contributed by atoms with Crippen molar-refractivity contribution in [2.24, 2.45) is 5.92 Å². The van der Waals surface area contributed by atoms with Crippen LogP contribution in [0, 0.1) is 5.92 Å². The first kappa shape index (κ1) is 15.8. The summed E-state index contributed by atoms with van der Waals surface area (Å²) in [6, 6.07) is 12.6. The lowest BCUT2D eigenvalue weighted by Crippen LogP contribution is -2.50. The zero-order valence-electron chi connectivity index (χ0n) is 13.8. The van der Waals surface area contributed by atoms with Gasteiger partial charge < -0.3 is 4.43 Å². The molecule has 0 saturated heterocycles. The van der Waals surface area contributed by atoms with E-state index < -0.39 is 8.32 Å². The minimum Gasteiger partial charge on any atom is -0.410 e. The van der Waals surface area contributed by atoms with E-state index in [1.807, 2.05) is 0 Å². The lowest BCUT2D eigenvalue weighted by Gasteiger charge is -2.43. The number of hydrogen-bond donors (Lipinski definition) is 0. The molecule has 0 radical (unpaired) electrons. The molecule has 1 aliphatic rings. The largest absolute Gasteiger partial charge is 0.410 e. The van der Waals surface area contributed by atoms with Crippen LogP contribution in [0.25, 0.3) is 0 Å². The number of hydrogen-bond acceptors (Lipinski definition) is 1. The van der Waals surface area contributed by atoms with Gasteiger partial charge >= 0.3 is 0 Å². The second-order valence-corrected chi connectivity index (χ2v) is 11.4. The first-order chi connectivity index (χ1) is 9.51. The molecular weight excluding hydrogens is 260 g/mol. The third-order valence-electron chi connectivity index (χ3n) is 5.50. The van der Waals surface area contributed by atoms with E-state index in [1.54, 1.807) is 0 Å². The summed E-state index contributed by atoms with van der Waals surface area (Å²) in [7, 11) is -1.56. The van der Waals surface area contributed by atoms with Gasteiger partial charge in [0.05, 0.1) is 5.60 Å². The molecule has 0 saturated carbocycles. The normalized spacial score (nSPS) is 17.5. The van der Waals surface area contributed by atoms with Gasteiger partial charge in [-0.25, -0.2) is 0 Å². The Bertz CT molecular complexity index is 415. The molecule has 1 aromatic carbocycles. The number of rotatable bonds is 6. The Morgan fingerprint density at radius 1 is 1.00 bits per heavy atom. The molecule has 0 amide bonds. The van der Waals surface area contributed by atoms with Crippen LogP contribution in [0.1, 0.15) is 45.7 Å². The minimum atomic E-state index is -1.56. The average molecular weight is 291 g/mol. The summed E-state index contributed by atoms with van der Waals surface area (Å²) < 4.78 is 7.02. The third-order valence-corrected chi connectivity index (χ3v) is 10.2. The molecule has 0 unspecified atom stereocenters. The van der Waals surface area contributed by atoms with E-state index in [4.69, 9.17) is 4.43 Å². The van der Waals surface area contributed by atoms with Crippen LogP contribution in [0.15, 0.2) is 24.3 Å². The van der Waals surface area contributed by atoms with Gasteiger partial charge in [-0.3, -0.25) is 0 Å². The fourth-order valence-corrected chi connectivity index (χ4v) is 6.78. The molecule has 0 heterocycles. The molecule has 1 nitrogen and oxygen atoms in total. The predicted octanol–water partition coefficient (Wildman–Crippen LogP) is 5.20. The standard InChI is InChI=1S/C18H30OSi/c1-6-20(7-2,8-3)19-18(15(4)5)13-16-11-9-10-12-17(16)14-18/h9-12,15H,6-8,13-14H2,1-5H3. The molecule has 0 atom stereocenters. The Hall–Kier alpha value is -0.603. The van der Waals surface area contributed by atoms with Crippen molar-refractivity contribution >= 4 is 8.32 Å². The minimum absolute atomic E-state index is 0.0535. The predicted molar refractivity (Wildman–Crippen MR) is 89.7 cm³/mol. The third kappa shape index (κ3) is 2.73. The lowest BCUT2D eigenvalue weighted by atomic mass is 9.87. The Kier molecular flexibility index (Phi) is 4.75. The van der Waals surface area contributed by atoms with Crippen LogP contribution in [0.5, 0.6) is 0 Å². The second kappa shape index (κ2) is 6.03. The highest BCUT2D eigenvalue weighted by Gasteiger charge is 2.46. The van der Waals surface area contributed by atoms with E-state index in [-0.39, 0.29) is 5.60 Å². The van der Waals surface area contributed by atoms with Crippen molar-refractivity contribution in [3.63, 3.8) is 0 Å². The fraction of sp³-hybridized carbons (Fsp3) is 0.667. The molecule has 0 aromatic heterocycles. The van der Waals surface area contributed by atoms with Crippen LogP contribution < -0.4 is 0 Å². The van der Waals surface area contributed by atoms with Crippen molar-refractivity contribution in [1.29, 1.82) is 0 Å². The number of fused-ring (bicyclic) bond motifs is 1. The Labute approximate surface area is 125 Å². The highest BCUT2D eigenvalue weighted by molar-refractivity contribution is 6.73. The van der Waals surface area contributed by atoms with Crippen molar-refractivity contribution in [1.82, 2.24) is 0 Å². The first-order valence-electron chi connectivity index (χ1n) is 8.28. The molecule has 1 aromatic rings. The highest BCUT2D eigenvalue weighted by atomic mass is 28.4.